The zero-order valence-corrected chi connectivity index (χ0v) is 39.1. The van der Waals surface area contributed by atoms with E-state index in [1.54, 1.807) is 72.8 Å². The summed E-state index contributed by atoms with van der Waals surface area (Å²) in [5.74, 6) is -5.31. The molecule has 1 unspecified atom stereocenters. The van der Waals surface area contributed by atoms with Gasteiger partial charge in [0.15, 0.2) is 23.1 Å². The number of rotatable bonds is 26. The predicted octanol–water partition coefficient (Wildman–Crippen LogP) is 8.30. The van der Waals surface area contributed by atoms with Gasteiger partial charge in [-0.15, -0.1) is 0 Å². The Morgan fingerprint density at radius 3 is 2.07 bits per heavy atom. The minimum absolute atomic E-state index is 0.0773. The average Bonchev–Trinajstić information content (AvgIpc) is 3.81. The van der Waals surface area contributed by atoms with Crippen molar-refractivity contribution in [3.63, 3.8) is 0 Å². The summed E-state index contributed by atoms with van der Waals surface area (Å²) in [6.07, 6.45) is 4.16. The van der Waals surface area contributed by atoms with E-state index in [1.807, 2.05) is 37.3 Å². The molecule has 4 aromatic carbocycles. The molecule has 6 rings (SSSR count). The summed E-state index contributed by atoms with van der Waals surface area (Å²) in [4.78, 5) is 122. The molecular weight excluding hydrogens is 879 g/mol. The van der Waals surface area contributed by atoms with Crippen molar-refractivity contribution in [1.29, 1.82) is 0 Å². The molecule has 2 aliphatic rings. The van der Waals surface area contributed by atoms with E-state index < -0.39 is 65.9 Å². The van der Waals surface area contributed by atoms with Gasteiger partial charge in [-0.3, -0.25) is 43.2 Å². The van der Waals surface area contributed by atoms with Gasteiger partial charge in [0.25, 0.3) is 6.47 Å². The van der Waals surface area contributed by atoms with Crippen LogP contribution in [0.25, 0.3) is 0 Å². The lowest BCUT2D eigenvalue weighted by Gasteiger charge is -2.34. The van der Waals surface area contributed by atoms with Crippen molar-refractivity contribution >= 4 is 53.1 Å². The molecule has 2 fully saturated rings. The molecule has 1 heterocycles. The van der Waals surface area contributed by atoms with Crippen molar-refractivity contribution in [1.82, 2.24) is 10.2 Å². The number of ether oxygens (including phenoxy) is 2. The van der Waals surface area contributed by atoms with Gasteiger partial charge in [0.2, 0.25) is 23.5 Å². The lowest BCUT2D eigenvalue weighted by atomic mass is 9.76. The molecule has 1 aliphatic heterocycles. The maximum absolute atomic E-state index is 15.1. The van der Waals surface area contributed by atoms with Crippen LogP contribution in [0.2, 0.25) is 0 Å². The molecule has 14 nitrogen and oxygen atoms in total. The Bertz CT molecular complexity index is 2450. The number of nitrogens with one attached hydrogen (secondary N) is 1. The van der Waals surface area contributed by atoms with Crippen LogP contribution in [-0.2, 0) is 33.6 Å². The van der Waals surface area contributed by atoms with Crippen molar-refractivity contribution in [2.45, 2.75) is 109 Å². The molecule has 0 spiro atoms. The van der Waals surface area contributed by atoms with E-state index in [-0.39, 0.29) is 85.7 Å². The van der Waals surface area contributed by atoms with Crippen LogP contribution in [0.3, 0.4) is 0 Å². The Labute approximate surface area is 402 Å². The van der Waals surface area contributed by atoms with Gasteiger partial charge in [-0.1, -0.05) is 93.3 Å². The van der Waals surface area contributed by atoms with Gasteiger partial charge in [-0.25, -0.2) is 0 Å². The van der Waals surface area contributed by atoms with Crippen LogP contribution < -0.4 is 20.5 Å². The fourth-order valence-electron chi connectivity index (χ4n) is 9.69. The zero-order valence-electron chi connectivity index (χ0n) is 39.1. The van der Waals surface area contributed by atoms with Crippen molar-refractivity contribution in [3.8, 4) is 17.2 Å². The van der Waals surface area contributed by atoms with Crippen LogP contribution in [0, 0.1) is 23.7 Å². The molecule has 3 amide bonds. The fourth-order valence-corrected chi connectivity index (χ4v) is 9.69. The van der Waals surface area contributed by atoms with Gasteiger partial charge in [-0.05, 0) is 98.0 Å². The number of carbonyl (C=O) groups is 9. The Balaban J connectivity index is 1.18. The topological polar surface area (TPSA) is 213 Å². The lowest BCUT2D eigenvalue weighted by Crippen LogP contribution is -2.46. The normalized spacial score (nSPS) is 17.1. The summed E-state index contributed by atoms with van der Waals surface area (Å²) < 4.78 is 11.0. The maximum Gasteiger partial charge on any atom is 0.298 e. The van der Waals surface area contributed by atoms with Gasteiger partial charge in [0, 0.05) is 56.0 Å². The number of likely N-dealkylation sites (tertiary alicyclic amines) is 1. The number of ketones is 5. The first-order chi connectivity index (χ1) is 33.4. The number of para-hydroxylation sites is 2. The van der Waals surface area contributed by atoms with E-state index in [4.69, 9.17) is 15.2 Å². The second kappa shape index (κ2) is 25.3. The molecule has 0 radical (unpaired) electrons. The van der Waals surface area contributed by atoms with E-state index in [0.29, 0.717) is 48.3 Å². The average molecular weight is 940 g/mol. The lowest BCUT2D eigenvalue weighted by molar-refractivity contribution is -0.144. The van der Waals surface area contributed by atoms with Gasteiger partial charge in [0.1, 0.15) is 23.3 Å². The number of benzene rings is 4. The second-order valence-corrected chi connectivity index (χ2v) is 18.1. The highest BCUT2D eigenvalue weighted by Crippen LogP contribution is 2.38. The van der Waals surface area contributed by atoms with Gasteiger partial charge >= 0.3 is 0 Å². The number of hydrogen-bond acceptors (Lipinski definition) is 11. The highest BCUT2D eigenvalue weighted by Gasteiger charge is 2.45. The zero-order chi connectivity index (χ0) is 49.3. The van der Waals surface area contributed by atoms with Crippen molar-refractivity contribution in [2.24, 2.45) is 29.4 Å². The van der Waals surface area contributed by atoms with Crippen molar-refractivity contribution < 1.29 is 52.6 Å². The minimum Gasteiger partial charge on any atom is -0.457 e. The van der Waals surface area contributed by atoms with E-state index in [9.17, 15) is 38.4 Å². The highest BCUT2D eigenvalue weighted by atomic mass is 16.5. The number of nitrogens with zero attached hydrogens (tertiary/aromatic N) is 1. The van der Waals surface area contributed by atoms with Crippen LogP contribution in [0.15, 0.2) is 109 Å². The third-order valence-electron chi connectivity index (χ3n) is 13.3. The Morgan fingerprint density at radius 2 is 1.41 bits per heavy atom. The largest absolute Gasteiger partial charge is 0.457 e. The fraction of sp³-hybridized carbons (Fsp3) is 0.400. The van der Waals surface area contributed by atoms with E-state index in [2.05, 4.69) is 5.32 Å². The summed E-state index contributed by atoms with van der Waals surface area (Å²) >= 11 is 0. The van der Waals surface area contributed by atoms with Gasteiger partial charge < -0.3 is 25.4 Å². The highest BCUT2D eigenvalue weighted by molar-refractivity contribution is 6.38. The SMILES string of the molecule is CCCC(CC(=O)[C@@H]1C[C@@H](CCC(=O)c2ccc(Oc3ccccc3)cc2)CN1C(=O)[C@@H](CC(=O)c1ccccc1OC=O)C1CCCCC1)C(=O)C(=O)CCC(=O)N[C@H](C(N)=O)c1ccccc1. The second-order valence-electron chi connectivity index (χ2n) is 18.1. The van der Waals surface area contributed by atoms with Crippen LogP contribution in [0.4, 0.5) is 0 Å². The van der Waals surface area contributed by atoms with Gasteiger partial charge in [0.05, 0.1) is 11.6 Å². The standard InChI is InChI=1S/C55H61N3O11/c1-2-14-40(53(65)47(61)29-30-51(64)57-52(54(56)66)39-17-8-4-9-18-39)32-49(63)45-31-36(23-28-46(60)38-24-26-42(27-25-38)69-41-19-10-5-11-20-41)34-58(45)55(67)44(37-15-6-3-7-16-37)33-48(62)43-21-12-13-22-50(43)68-35-59/h4-5,8-13,17-22,24-27,35-37,40,44-45,52H,2-3,6-7,14-16,23,28-34H2,1H3,(H2,56,66)(H,57,64)/t36-,40?,44+,45+,52+/m1/s1. The summed E-state index contributed by atoms with van der Waals surface area (Å²) in [6, 6.07) is 28.7. The molecule has 1 aliphatic carbocycles. The minimum atomic E-state index is -1.14. The maximum atomic E-state index is 15.1. The number of nitrogens with two attached hydrogens (primary N) is 1. The monoisotopic (exact) mass is 939 g/mol. The molecule has 0 bridgehead atoms. The summed E-state index contributed by atoms with van der Waals surface area (Å²) in [6.45, 7) is 2.21. The van der Waals surface area contributed by atoms with E-state index in [1.165, 1.54) is 11.0 Å². The number of hydrogen-bond donors (Lipinski definition) is 2. The Kier molecular flexibility index (Phi) is 18.8. The molecule has 69 heavy (non-hydrogen) atoms. The van der Waals surface area contributed by atoms with Crippen LogP contribution in [-0.4, -0.2) is 70.6 Å². The molecule has 4 aromatic rings. The third-order valence-corrected chi connectivity index (χ3v) is 13.3. The van der Waals surface area contributed by atoms with Crippen LogP contribution in [0.1, 0.15) is 129 Å². The van der Waals surface area contributed by atoms with Crippen LogP contribution in [0.5, 0.6) is 17.2 Å². The first-order valence-corrected chi connectivity index (χ1v) is 24.0. The van der Waals surface area contributed by atoms with Crippen molar-refractivity contribution in [3.05, 3.63) is 126 Å². The summed E-state index contributed by atoms with van der Waals surface area (Å²) in [5, 5.41) is 2.53. The third kappa shape index (κ3) is 14.2. The first kappa shape index (κ1) is 51.3. The van der Waals surface area contributed by atoms with Crippen molar-refractivity contribution in [2.75, 3.05) is 6.54 Å². The molecule has 5 atom stereocenters. The summed E-state index contributed by atoms with van der Waals surface area (Å²) in [7, 11) is 0. The Hall–Kier alpha value is -7.09. The molecular formula is C55H61N3O11. The number of Topliss-reactive ketones (excluding diaryl/α,β-unsaturated/α-hetero) is 5. The predicted molar refractivity (Wildman–Crippen MR) is 256 cm³/mol. The van der Waals surface area contributed by atoms with Gasteiger partial charge in [-0.2, -0.15) is 0 Å². The van der Waals surface area contributed by atoms with E-state index >= 15 is 4.79 Å². The smallest absolute Gasteiger partial charge is 0.298 e. The molecule has 0 aromatic heterocycles. The van der Waals surface area contributed by atoms with Crippen LogP contribution >= 0.6 is 0 Å². The number of amides is 3. The van der Waals surface area contributed by atoms with E-state index in [0.717, 1.165) is 19.3 Å². The summed E-state index contributed by atoms with van der Waals surface area (Å²) in [5.41, 5.74) is 6.65. The quantitative estimate of drug-likeness (QED) is 0.0347. The number of carbonyl (C=O) groups excluding carboxylic acids is 9. The first-order valence-electron chi connectivity index (χ1n) is 24.0. The molecule has 1 saturated carbocycles. The molecule has 362 valence electrons. The molecule has 14 heteroatoms. The molecule has 3 N–H and O–H groups in total. The molecule has 1 saturated heterocycles. The number of primary amides is 1. The Morgan fingerprint density at radius 1 is 0.754 bits per heavy atom.